The highest BCUT2D eigenvalue weighted by molar-refractivity contribution is 7.99. The van der Waals surface area contributed by atoms with Crippen molar-refractivity contribution in [2.24, 2.45) is 0 Å². The molecule has 0 amide bonds. The predicted octanol–water partition coefficient (Wildman–Crippen LogP) is 2.45. The van der Waals surface area contributed by atoms with E-state index in [1.54, 1.807) is 11.8 Å². The Kier molecular flexibility index (Phi) is 6.00. The van der Waals surface area contributed by atoms with E-state index >= 15 is 0 Å². The highest BCUT2D eigenvalue weighted by Crippen LogP contribution is 2.16. The SMILES string of the molecule is CCCCCCSc1nc(OC)cc(=O)[nH]1. The molecule has 1 heterocycles. The lowest BCUT2D eigenvalue weighted by atomic mass is 10.2. The Bertz CT molecular complexity index is 365. The Hall–Kier alpha value is -0.970. The summed E-state index contributed by atoms with van der Waals surface area (Å²) in [6, 6.07) is 1.35. The molecule has 1 aromatic rings. The first-order chi connectivity index (χ1) is 7.76. The van der Waals surface area contributed by atoms with Crippen molar-refractivity contribution < 1.29 is 4.74 Å². The number of unbranched alkanes of at least 4 members (excludes halogenated alkanes) is 3. The summed E-state index contributed by atoms with van der Waals surface area (Å²) in [4.78, 5) is 18.1. The topological polar surface area (TPSA) is 55.0 Å². The zero-order chi connectivity index (χ0) is 11.8. The molecule has 5 heteroatoms. The van der Waals surface area contributed by atoms with Crippen molar-refractivity contribution in [3.63, 3.8) is 0 Å². The molecule has 0 saturated carbocycles. The fraction of sp³-hybridized carbons (Fsp3) is 0.636. The molecule has 0 aromatic carbocycles. The van der Waals surface area contributed by atoms with Gasteiger partial charge in [0.05, 0.1) is 13.2 Å². The van der Waals surface area contributed by atoms with Crippen molar-refractivity contribution in [1.82, 2.24) is 9.97 Å². The van der Waals surface area contributed by atoms with Gasteiger partial charge in [-0.05, 0) is 6.42 Å². The van der Waals surface area contributed by atoms with E-state index in [1.807, 2.05) is 0 Å². The van der Waals surface area contributed by atoms with Gasteiger partial charge in [0.15, 0.2) is 5.16 Å². The largest absolute Gasteiger partial charge is 0.481 e. The number of hydrogen-bond acceptors (Lipinski definition) is 4. The zero-order valence-corrected chi connectivity index (χ0v) is 10.6. The predicted molar refractivity (Wildman–Crippen MR) is 66.3 cm³/mol. The average molecular weight is 242 g/mol. The van der Waals surface area contributed by atoms with E-state index in [4.69, 9.17) is 4.74 Å². The average Bonchev–Trinajstić information content (AvgIpc) is 2.28. The summed E-state index contributed by atoms with van der Waals surface area (Å²) in [5.74, 6) is 1.36. The fourth-order valence-corrected chi connectivity index (χ4v) is 2.15. The van der Waals surface area contributed by atoms with Gasteiger partial charge in [0.2, 0.25) is 5.88 Å². The summed E-state index contributed by atoms with van der Waals surface area (Å²) < 4.78 is 4.94. The van der Waals surface area contributed by atoms with Crippen LogP contribution in [0.2, 0.25) is 0 Å². The van der Waals surface area contributed by atoms with Crippen molar-refractivity contribution in [2.45, 2.75) is 37.8 Å². The van der Waals surface area contributed by atoms with Crippen LogP contribution in [0.25, 0.3) is 0 Å². The maximum atomic E-state index is 11.2. The van der Waals surface area contributed by atoms with E-state index in [9.17, 15) is 4.79 Å². The third kappa shape index (κ3) is 4.70. The number of ether oxygens (including phenoxy) is 1. The standard InChI is InChI=1S/C11H18N2O2S/c1-3-4-5-6-7-16-11-12-9(14)8-10(13-11)15-2/h8H,3-7H2,1-2H3,(H,12,13,14). The van der Waals surface area contributed by atoms with Crippen LogP contribution in [0.4, 0.5) is 0 Å². The van der Waals surface area contributed by atoms with Crippen LogP contribution in [-0.4, -0.2) is 22.8 Å². The maximum absolute atomic E-state index is 11.2. The molecular weight excluding hydrogens is 224 g/mol. The number of hydrogen-bond donors (Lipinski definition) is 1. The highest BCUT2D eigenvalue weighted by atomic mass is 32.2. The van der Waals surface area contributed by atoms with Crippen LogP contribution < -0.4 is 10.3 Å². The first-order valence-electron chi connectivity index (χ1n) is 5.54. The van der Waals surface area contributed by atoms with E-state index in [2.05, 4.69) is 16.9 Å². The van der Waals surface area contributed by atoms with Crippen LogP contribution in [0.5, 0.6) is 5.88 Å². The van der Waals surface area contributed by atoms with Gasteiger partial charge < -0.3 is 9.72 Å². The van der Waals surface area contributed by atoms with Crippen LogP contribution in [0, 0.1) is 0 Å². The Morgan fingerprint density at radius 1 is 1.44 bits per heavy atom. The van der Waals surface area contributed by atoms with Crippen LogP contribution in [0.15, 0.2) is 16.0 Å². The number of thioether (sulfide) groups is 1. The number of H-pyrrole nitrogens is 1. The third-order valence-corrected chi connectivity index (χ3v) is 3.10. The second-order valence-electron chi connectivity index (χ2n) is 3.50. The summed E-state index contributed by atoms with van der Waals surface area (Å²) in [6.07, 6.45) is 4.89. The monoisotopic (exact) mass is 242 g/mol. The van der Waals surface area contributed by atoms with Crippen LogP contribution in [-0.2, 0) is 0 Å². The Balaban J connectivity index is 2.41. The number of aromatic amines is 1. The Morgan fingerprint density at radius 3 is 2.94 bits per heavy atom. The van der Waals surface area contributed by atoms with Crippen molar-refractivity contribution >= 4 is 11.8 Å². The van der Waals surface area contributed by atoms with Gasteiger partial charge in [-0.2, -0.15) is 4.98 Å². The van der Waals surface area contributed by atoms with E-state index in [0.29, 0.717) is 11.0 Å². The number of nitrogens with zero attached hydrogens (tertiary/aromatic N) is 1. The summed E-state index contributed by atoms with van der Waals surface area (Å²) in [5, 5.41) is 0.640. The molecule has 0 radical (unpaired) electrons. The third-order valence-electron chi connectivity index (χ3n) is 2.14. The number of aromatic nitrogens is 2. The van der Waals surface area contributed by atoms with E-state index in [0.717, 1.165) is 12.2 Å². The molecular formula is C11H18N2O2S. The second-order valence-corrected chi connectivity index (χ2v) is 4.59. The lowest BCUT2D eigenvalue weighted by molar-refractivity contribution is 0.391. The highest BCUT2D eigenvalue weighted by Gasteiger charge is 2.01. The number of nitrogens with one attached hydrogen (secondary N) is 1. The van der Waals surface area contributed by atoms with Crippen LogP contribution >= 0.6 is 11.8 Å². The van der Waals surface area contributed by atoms with Gasteiger partial charge in [-0.25, -0.2) is 0 Å². The van der Waals surface area contributed by atoms with Gasteiger partial charge in [-0.15, -0.1) is 0 Å². The molecule has 0 unspecified atom stereocenters. The quantitative estimate of drug-likeness (QED) is 0.453. The number of rotatable bonds is 7. The molecule has 0 fully saturated rings. The molecule has 1 aromatic heterocycles. The molecule has 0 aliphatic carbocycles. The van der Waals surface area contributed by atoms with Gasteiger partial charge >= 0.3 is 0 Å². The molecule has 1 rings (SSSR count). The van der Waals surface area contributed by atoms with Crippen LogP contribution in [0.3, 0.4) is 0 Å². The van der Waals surface area contributed by atoms with Crippen molar-refractivity contribution in [3.8, 4) is 5.88 Å². The number of methoxy groups -OCH3 is 1. The molecule has 90 valence electrons. The van der Waals surface area contributed by atoms with Crippen molar-refractivity contribution in [2.75, 3.05) is 12.9 Å². The van der Waals surface area contributed by atoms with E-state index < -0.39 is 0 Å². The van der Waals surface area contributed by atoms with Crippen molar-refractivity contribution in [3.05, 3.63) is 16.4 Å². The molecule has 0 atom stereocenters. The Labute approximate surface area is 99.8 Å². The maximum Gasteiger partial charge on any atom is 0.255 e. The van der Waals surface area contributed by atoms with Crippen molar-refractivity contribution in [1.29, 1.82) is 0 Å². The molecule has 0 saturated heterocycles. The molecule has 0 bridgehead atoms. The molecule has 4 nitrogen and oxygen atoms in total. The fourth-order valence-electron chi connectivity index (χ4n) is 1.28. The minimum atomic E-state index is -0.164. The van der Waals surface area contributed by atoms with Gasteiger partial charge in [-0.1, -0.05) is 37.9 Å². The lowest BCUT2D eigenvalue weighted by Crippen LogP contribution is -2.08. The summed E-state index contributed by atoms with van der Waals surface area (Å²) in [5.41, 5.74) is -0.164. The molecule has 16 heavy (non-hydrogen) atoms. The lowest BCUT2D eigenvalue weighted by Gasteiger charge is -2.02. The first-order valence-corrected chi connectivity index (χ1v) is 6.53. The summed E-state index contributed by atoms with van der Waals surface area (Å²) in [6.45, 7) is 2.19. The van der Waals surface area contributed by atoms with Gasteiger partial charge in [0.1, 0.15) is 0 Å². The normalized spacial score (nSPS) is 10.4. The summed E-state index contributed by atoms with van der Waals surface area (Å²) >= 11 is 1.57. The van der Waals surface area contributed by atoms with Gasteiger partial charge in [-0.3, -0.25) is 4.79 Å². The van der Waals surface area contributed by atoms with Gasteiger partial charge in [0.25, 0.3) is 5.56 Å². The molecule has 0 aliphatic rings. The first kappa shape index (κ1) is 13.1. The molecule has 1 N–H and O–H groups in total. The minimum absolute atomic E-state index is 0.164. The Morgan fingerprint density at radius 2 is 2.25 bits per heavy atom. The second kappa shape index (κ2) is 7.33. The zero-order valence-electron chi connectivity index (χ0n) is 9.78. The molecule has 0 aliphatic heterocycles. The van der Waals surface area contributed by atoms with Gasteiger partial charge in [0, 0.05) is 5.75 Å². The minimum Gasteiger partial charge on any atom is -0.481 e. The molecule has 0 spiro atoms. The summed E-state index contributed by atoms with van der Waals surface area (Å²) in [7, 11) is 1.51. The van der Waals surface area contributed by atoms with Crippen LogP contribution in [0.1, 0.15) is 32.6 Å². The van der Waals surface area contributed by atoms with E-state index in [1.165, 1.54) is 32.4 Å². The van der Waals surface area contributed by atoms with E-state index in [-0.39, 0.29) is 5.56 Å². The smallest absolute Gasteiger partial charge is 0.255 e.